The van der Waals surface area contributed by atoms with E-state index in [1.807, 2.05) is 0 Å². The summed E-state index contributed by atoms with van der Waals surface area (Å²) in [4.78, 5) is 17.0. The molecule has 2 aliphatic heterocycles. The lowest BCUT2D eigenvalue weighted by Gasteiger charge is -2.34. The number of nitrogens with one attached hydrogen (secondary N) is 1. The zero-order chi connectivity index (χ0) is 19.0. The van der Waals surface area contributed by atoms with Gasteiger partial charge in [-0.1, -0.05) is 11.6 Å². The van der Waals surface area contributed by atoms with Crippen molar-refractivity contribution in [1.82, 2.24) is 14.2 Å². The fourth-order valence-electron chi connectivity index (χ4n) is 3.13. The summed E-state index contributed by atoms with van der Waals surface area (Å²) in [5.74, 6) is 0.776. The number of fused-ring (bicyclic) bond motifs is 1. The van der Waals surface area contributed by atoms with Crippen molar-refractivity contribution in [2.75, 3.05) is 39.4 Å². The van der Waals surface area contributed by atoms with Crippen LogP contribution in [-0.2, 0) is 10.0 Å². The Hall–Kier alpha value is -2.23. The monoisotopic (exact) mass is 411 g/mol. The van der Waals surface area contributed by atoms with Gasteiger partial charge in [-0.3, -0.25) is 4.79 Å². The zero-order valence-corrected chi connectivity index (χ0v) is 15.9. The number of benzene rings is 1. The van der Waals surface area contributed by atoms with Gasteiger partial charge in [0.2, 0.25) is 10.0 Å². The first-order valence-corrected chi connectivity index (χ1v) is 10.3. The van der Waals surface area contributed by atoms with Crippen LogP contribution >= 0.6 is 11.6 Å². The third kappa shape index (κ3) is 3.50. The summed E-state index contributed by atoms with van der Waals surface area (Å²) < 4.78 is 38.1. The number of carbonyl (C=O) groups is 1. The molecule has 0 spiro atoms. The highest BCUT2D eigenvalue weighted by molar-refractivity contribution is 7.89. The molecule has 2 aromatic rings. The number of aromatic amines is 1. The third-order valence-corrected chi connectivity index (χ3v) is 6.67. The van der Waals surface area contributed by atoms with Crippen LogP contribution in [0.1, 0.15) is 10.5 Å². The molecule has 27 heavy (non-hydrogen) atoms. The quantitative estimate of drug-likeness (QED) is 0.828. The van der Waals surface area contributed by atoms with Gasteiger partial charge >= 0.3 is 0 Å². The lowest BCUT2D eigenvalue weighted by Crippen LogP contribution is -2.50. The molecule has 1 aromatic heterocycles. The van der Waals surface area contributed by atoms with E-state index in [1.165, 1.54) is 22.6 Å². The van der Waals surface area contributed by atoms with Crippen molar-refractivity contribution >= 4 is 27.5 Å². The molecular formula is C17H18ClN3O5S. The standard InChI is InChI=1S/C17H18ClN3O5S/c18-12-9-14(19-11-12)17(22)20-3-5-21(6-4-20)27(23,24)13-1-2-15-16(10-13)26-8-7-25-15/h1-2,9-11,19H,3-8H2. The van der Waals surface area contributed by atoms with Crippen LogP contribution in [0.2, 0.25) is 5.02 Å². The molecule has 1 N–H and O–H groups in total. The fraction of sp³-hybridized carbons (Fsp3) is 0.353. The molecule has 1 amide bonds. The first-order chi connectivity index (χ1) is 12.9. The summed E-state index contributed by atoms with van der Waals surface area (Å²) >= 11 is 5.84. The minimum Gasteiger partial charge on any atom is -0.486 e. The molecular weight excluding hydrogens is 394 g/mol. The number of hydrogen-bond donors (Lipinski definition) is 1. The number of sulfonamides is 1. The van der Waals surface area contributed by atoms with Gasteiger partial charge < -0.3 is 19.4 Å². The molecule has 1 fully saturated rings. The molecule has 0 aliphatic carbocycles. The Bertz CT molecular complexity index is 967. The molecule has 4 rings (SSSR count). The molecule has 0 atom stereocenters. The van der Waals surface area contributed by atoms with Crippen LogP contribution in [-0.4, -0.2) is 67.9 Å². The number of hydrogen-bond acceptors (Lipinski definition) is 5. The van der Waals surface area contributed by atoms with Crippen molar-refractivity contribution in [2.24, 2.45) is 0 Å². The molecule has 10 heteroatoms. The number of halogens is 1. The molecule has 2 aliphatic rings. The molecule has 0 radical (unpaired) electrons. The second-order valence-electron chi connectivity index (χ2n) is 6.23. The number of rotatable bonds is 3. The highest BCUT2D eigenvalue weighted by Crippen LogP contribution is 2.33. The van der Waals surface area contributed by atoms with Crippen molar-refractivity contribution in [3.63, 3.8) is 0 Å². The molecule has 8 nitrogen and oxygen atoms in total. The van der Waals surface area contributed by atoms with Gasteiger partial charge in [-0.2, -0.15) is 4.31 Å². The maximum atomic E-state index is 12.9. The maximum Gasteiger partial charge on any atom is 0.270 e. The molecule has 3 heterocycles. The van der Waals surface area contributed by atoms with E-state index >= 15 is 0 Å². The number of piperazine rings is 1. The highest BCUT2D eigenvalue weighted by Gasteiger charge is 2.31. The second-order valence-corrected chi connectivity index (χ2v) is 8.61. The largest absolute Gasteiger partial charge is 0.486 e. The maximum absolute atomic E-state index is 12.9. The number of nitrogens with zero attached hydrogens (tertiary/aromatic N) is 2. The number of H-pyrrole nitrogens is 1. The Kier molecular flexibility index (Phi) is 4.75. The van der Waals surface area contributed by atoms with Crippen LogP contribution in [0.3, 0.4) is 0 Å². The van der Waals surface area contributed by atoms with E-state index in [9.17, 15) is 13.2 Å². The second kappa shape index (κ2) is 7.06. The van der Waals surface area contributed by atoms with Crippen LogP contribution < -0.4 is 9.47 Å². The van der Waals surface area contributed by atoms with Crippen molar-refractivity contribution in [3.8, 4) is 11.5 Å². The lowest BCUT2D eigenvalue weighted by atomic mass is 10.3. The molecule has 0 unspecified atom stereocenters. The minimum atomic E-state index is -3.67. The average molecular weight is 412 g/mol. The molecule has 0 saturated carbocycles. The summed E-state index contributed by atoms with van der Waals surface area (Å²) in [5.41, 5.74) is 0.392. The number of ether oxygens (including phenoxy) is 2. The Morgan fingerprint density at radius 1 is 1.04 bits per heavy atom. The zero-order valence-electron chi connectivity index (χ0n) is 14.4. The smallest absolute Gasteiger partial charge is 0.270 e. The molecule has 0 bridgehead atoms. The summed E-state index contributed by atoms with van der Waals surface area (Å²) in [6.45, 7) is 1.88. The van der Waals surface area contributed by atoms with E-state index in [0.29, 0.717) is 48.5 Å². The summed E-state index contributed by atoms with van der Waals surface area (Å²) in [6.07, 6.45) is 1.54. The van der Waals surface area contributed by atoms with Gasteiger partial charge in [-0.15, -0.1) is 0 Å². The summed E-state index contributed by atoms with van der Waals surface area (Å²) in [7, 11) is -3.67. The fourth-order valence-corrected chi connectivity index (χ4v) is 4.73. The van der Waals surface area contributed by atoms with Crippen LogP contribution in [0.5, 0.6) is 11.5 Å². The van der Waals surface area contributed by atoms with Crippen molar-refractivity contribution in [3.05, 3.63) is 41.2 Å². The Morgan fingerprint density at radius 3 is 2.41 bits per heavy atom. The predicted octanol–water partition coefficient (Wildman–Crippen LogP) is 1.59. The van der Waals surface area contributed by atoms with Gasteiger partial charge in [0.1, 0.15) is 18.9 Å². The molecule has 1 saturated heterocycles. The topological polar surface area (TPSA) is 91.9 Å². The van der Waals surface area contributed by atoms with Crippen LogP contribution in [0.25, 0.3) is 0 Å². The van der Waals surface area contributed by atoms with Gasteiger partial charge in [-0.25, -0.2) is 8.42 Å². The van der Waals surface area contributed by atoms with Gasteiger partial charge in [0.05, 0.1) is 9.92 Å². The van der Waals surface area contributed by atoms with Crippen molar-refractivity contribution in [2.45, 2.75) is 4.90 Å². The third-order valence-electron chi connectivity index (χ3n) is 4.56. The van der Waals surface area contributed by atoms with E-state index in [1.54, 1.807) is 17.0 Å². The van der Waals surface area contributed by atoms with Crippen LogP contribution in [0, 0.1) is 0 Å². The Morgan fingerprint density at radius 2 is 1.74 bits per heavy atom. The van der Waals surface area contributed by atoms with E-state index < -0.39 is 10.0 Å². The van der Waals surface area contributed by atoms with Gasteiger partial charge in [0, 0.05) is 38.4 Å². The van der Waals surface area contributed by atoms with Gasteiger partial charge in [0.15, 0.2) is 11.5 Å². The van der Waals surface area contributed by atoms with E-state index in [-0.39, 0.29) is 23.9 Å². The SMILES string of the molecule is O=C(c1cc(Cl)c[nH]1)N1CCN(S(=O)(=O)c2ccc3c(c2)OCCO3)CC1. The van der Waals surface area contributed by atoms with Crippen molar-refractivity contribution < 1.29 is 22.7 Å². The molecule has 1 aromatic carbocycles. The van der Waals surface area contributed by atoms with Crippen molar-refractivity contribution in [1.29, 1.82) is 0 Å². The van der Waals surface area contributed by atoms with Gasteiger partial charge in [0.25, 0.3) is 5.91 Å². The Balaban J connectivity index is 1.46. The van der Waals surface area contributed by atoms with E-state index in [4.69, 9.17) is 21.1 Å². The normalized spacial score (nSPS) is 17.7. The predicted molar refractivity (Wildman–Crippen MR) is 97.9 cm³/mol. The lowest BCUT2D eigenvalue weighted by molar-refractivity contribution is 0.0692. The number of aromatic nitrogens is 1. The summed E-state index contributed by atoms with van der Waals surface area (Å²) in [6, 6.07) is 6.17. The summed E-state index contributed by atoms with van der Waals surface area (Å²) in [5, 5.41) is 0.457. The highest BCUT2D eigenvalue weighted by atomic mass is 35.5. The van der Waals surface area contributed by atoms with Gasteiger partial charge in [-0.05, 0) is 18.2 Å². The van der Waals surface area contributed by atoms with E-state index in [0.717, 1.165) is 0 Å². The van der Waals surface area contributed by atoms with E-state index in [2.05, 4.69) is 4.98 Å². The van der Waals surface area contributed by atoms with Crippen LogP contribution in [0.4, 0.5) is 0 Å². The Labute approximate surface area is 161 Å². The number of amides is 1. The molecule has 144 valence electrons. The first kappa shape index (κ1) is 18.1. The minimum absolute atomic E-state index is 0.155. The average Bonchev–Trinajstić information content (AvgIpc) is 3.13. The number of carbonyl (C=O) groups excluding carboxylic acids is 1. The first-order valence-electron chi connectivity index (χ1n) is 8.48. The van der Waals surface area contributed by atoms with Crippen LogP contribution in [0.15, 0.2) is 35.4 Å².